The second-order valence-corrected chi connectivity index (χ2v) is 8.27. The molecule has 0 atom stereocenters. The van der Waals surface area contributed by atoms with Crippen LogP contribution in [0.1, 0.15) is 37.3 Å². The zero-order valence-electron chi connectivity index (χ0n) is 14.9. The molecule has 126 valence electrons. The Morgan fingerprint density at radius 1 is 1.12 bits per heavy atom. The smallest absolute Gasteiger partial charge is 0.138 e. The van der Waals surface area contributed by atoms with E-state index in [-0.39, 0.29) is 0 Å². The number of aromatic nitrogens is 2. The van der Waals surface area contributed by atoms with Crippen LogP contribution >= 0.6 is 22.7 Å². The standard InChI is InChI=1S/C18H22N4S2/c1-9-7-10(2)21-18-15(9)11(3)16(24-18)17(19-6)20-8-14-12(4)22-13(5)23-14/h7H,8H2,1-6H3,(H,19,20). The minimum absolute atomic E-state index is 0.753. The van der Waals surface area contributed by atoms with E-state index in [1.54, 1.807) is 22.7 Å². The van der Waals surface area contributed by atoms with Gasteiger partial charge >= 0.3 is 0 Å². The summed E-state index contributed by atoms with van der Waals surface area (Å²) in [4.78, 5) is 17.2. The zero-order valence-corrected chi connectivity index (χ0v) is 16.6. The van der Waals surface area contributed by atoms with Crippen molar-refractivity contribution < 1.29 is 0 Å². The highest BCUT2D eigenvalue weighted by Gasteiger charge is 2.17. The van der Waals surface area contributed by atoms with Gasteiger partial charge in [0.25, 0.3) is 0 Å². The van der Waals surface area contributed by atoms with Crippen molar-refractivity contribution in [2.24, 2.45) is 4.99 Å². The van der Waals surface area contributed by atoms with Gasteiger partial charge in [-0.3, -0.25) is 4.99 Å². The van der Waals surface area contributed by atoms with E-state index >= 15 is 0 Å². The van der Waals surface area contributed by atoms with Crippen LogP contribution in [0.15, 0.2) is 11.1 Å². The third-order valence-corrected chi connectivity index (χ3v) is 6.35. The van der Waals surface area contributed by atoms with Crippen LogP contribution < -0.4 is 5.32 Å². The van der Waals surface area contributed by atoms with E-state index in [9.17, 15) is 0 Å². The fourth-order valence-corrected chi connectivity index (χ4v) is 5.20. The maximum atomic E-state index is 4.70. The zero-order chi connectivity index (χ0) is 17.4. The van der Waals surface area contributed by atoms with Crippen LogP contribution in [0, 0.1) is 34.6 Å². The molecule has 6 heteroatoms. The van der Waals surface area contributed by atoms with Crippen molar-refractivity contribution in [3.05, 3.63) is 43.3 Å². The van der Waals surface area contributed by atoms with Crippen molar-refractivity contribution in [3.63, 3.8) is 0 Å². The molecular formula is C18H22N4S2. The molecule has 3 aromatic rings. The van der Waals surface area contributed by atoms with E-state index in [0.717, 1.165) is 33.6 Å². The number of hydrogen-bond acceptors (Lipinski definition) is 5. The fourth-order valence-electron chi connectivity index (χ4n) is 3.01. The first kappa shape index (κ1) is 17.0. The summed E-state index contributed by atoms with van der Waals surface area (Å²) >= 11 is 3.45. The Morgan fingerprint density at radius 2 is 1.88 bits per heavy atom. The highest BCUT2D eigenvalue weighted by molar-refractivity contribution is 7.20. The number of rotatable bonds is 3. The third-order valence-electron chi connectivity index (χ3n) is 4.08. The summed E-state index contributed by atoms with van der Waals surface area (Å²) in [6, 6.07) is 2.14. The number of thiazole rings is 1. The number of aliphatic imine (C=N–C) groups is 1. The van der Waals surface area contributed by atoms with Crippen LogP contribution in [0.25, 0.3) is 10.2 Å². The number of amidine groups is 1. The van der Waals surface area contributed by atoms with Crippen LogP contribution in [0.3, 0.4) is 0 Å². The highest BCUT2D eigenvalue weighted by Crippen LogP contribution is 2.32. The van der Waals surface area contributed by atoms with Gasteiger partial charge in [-0.1, -0.05) is 0 Å². The van der Waals surface area contributed by atoms with Crippen molar-refractivity contribution >= 4 is 38.7 Å². The topological polar surface area (TPSA) is 50.2 Å². The Balaban J connectivity index is 1.94. The van der Waals surface area contributed by atoms with Gasteiger partial charge in [-0.05, 0) is 51.8 Å². The molecule has 0 spiro atoms. The summed E-state index contributed by atoms with van der Waals surface area (Å²) in [5.41, 5.74) is 4.69. The Kier molecular flexibility index (Phi) is 4.69. The molecule has 0 saturated heterocycles. The maximum absolute atomic E-state index is 4.70. The van der Waals surface area contributed by atoms with Crippen molar-refractivity contribution in [2.45, 2.75) is 41.2 Å². The monoisotopic (exact) mass is 358 g/mol. The lowest BCUT2D eigenvalue weighted by Crippen LogP contribution is -2.23. The van der Waals surface area contributed by atoms with Gasteiger partial charge < -0.3 is 5.32 Å². The molecule has 4 nitrogen and oxygen atoms in total. The van der Waals surface area contributed by atoms with Gasteiger partial charge in [0.2, 0.25) is 0 Å². The number of nitrogens with zero attached hydrogens (tertiary/aromatic N) is 3. The summed E-state index contributed by atoms with van der Waals surface area (Å²) in [6.07, 6.45) is 0. The number of hydrogen-bond donors (Lipinski definition) is 1. The van der Waals surface area contributed by atoms with Crippen LogP contribution in [-0.2, 0) is 6.54 Å². The third kappa shape index (κ3) is 3.08. The van der Waals surface area contributed by atoms with E-state index in [1.807, 2.05) is 20.9 Å². The predicted molar refractivity (Wildman–Crippen MR) is 105 cm³/mol. The molecule has 0 unspecified atom stereocenters. The molecule has 3 aromatic heterocycles. The lowest BCUT2D eigenvalue weighted by Gasteiger charge is -2.08. The lowest BCUT2D eigenvalue weighted by atomic mass is 10.1. The van der Waals surface area contributed by atoms with Crippen LogP contribution in [-0.4, -0.2) is 22.9 Å². The molecule has 1 N–H and O–H groups in total. The molecule has 0 aliphatic rings. The van der Waals surface area contributed by atoms with Gasteiger partial charge in [-0.15, -0.1) is 22.7 Å². The SMILES string of the molecule is CN=C(NCc1sc(C)nc1C)c1sc2nc(C)cc(C)c2c1C. The molecule has 0 bridgehead atoms. The molecule has 0 aliphatic heterocycles. The van der Waals surface area contributed by atoms with E-state index in [1.165, 1.54) is 26.3 Å². The number of pyridine rings is 1. The predicted octanol–water partition coefficient (Wildman–Crippen LogP) is 4.46. The fraction of sp³-hybridized carbons (Fsp3) is 0.389. The van der Waals surface area contributed by atoms with Gasteiger partial charge in [0.15, 0.2) is 0 Å². The van der Waals surface area contributed by atoms with Crippen molar-refractivity contribution in [2.75, 3.05) is 7.05 Å². The average molecular weight is 359 g/mol. The number of aryl methyl sites for hydroxylation is 5. The van der Waals surface area contributed by atoms with Crippen LogP contribution in [0.5, 0.6) is 0 Å². The first-order valence-corrected chi connectivity index (χ1v) is 9.55. The Hall–Kier alpha value is -1.79. The second kappa shape index (κ2) is 6.61. The van der Waals surface area contributed by atoms with E-state index in [2.05, 4.69) is 42.1 Å². The number of nitrogens with one attached hydrogen (secondary N) is 1. The van der Waals surface area contributed by atoms with Crippen molar-refractivity contribution in [3.8, 4) is 0 Å². The summed E-state index contributed by atoms with van der Waals surface area (Å²) in [6.45, 7) is 11.2. The lowest BCUT2D eigenvalue weighted by molar-refractivity contribution is 0.916. The number of fused-ring (bicyclic) bond motifs is 1. The molecule has 0 aromatic carbocycles. The molecule has 24 heavy (non-hydrogen) atoms. The van der Waals surface area contributed by atoms with Crippen LogP contribution in [0.4, 0.5) is 0 Å². The molecule has 3 heterocycles. The molecule has 0 saturated carbocycles. The Morgan fingerprint density at radius 3 is 2.50 bits per heavy atom. The van der Waals surface area contributed by atoms with E-state index in [0.29, 0.717) is 0 Å². The quantitative estimate of drug-likeness (QED) is 0.555. The van der Waals surface area contributed by atoms with Crippen LogP contribution in [0.2, 0.25) is 0 Å². The van der Waals surface area contributed by atoms with Gasteiger partial charge in [-0.25, -0.2) is 9.97 Å². The average Bonchev–Trinajstić information content (AvgIpc) is 3.00. The molecule has 0 amide bonds. The largest absolute Gasteiger partial charge is 0.364 e. The molecule has 0 radical (unpaired) electrons. The van der Waals surface area contributed by atoms with E-state index < -0.39 is 0 Å². The van der Waals surface area contributed by atoms with Gasteiger partial charge in [0, 0.05) is 23.0 Å². The van der Waals surface area contributed by atoms with Gasteiger partial charge in [0.1, 0.15) is 10.7 Å². The number of thiophene rings is 1. The Labute approximate surface area is 150 Å². The normalized spacial score (nSPS) is 12.2. The molecule has 0 fully saturated rings. The first-order valence-electron chi connectivity index (χ1n) is 7.92. The minimum atomic E-state index is 0.753. The van der Waals surface area contributed by atoms with Gasteiger partial charge in [0.05, 0.1) is 22.1 Å². The van der Waals surface area contributed by atoms with E-state index in [4.69, 9.17) is 4.98 Å². The molecule has 3 rings (SSSR count). The first-order chi connectivity index (χ1) is 11.4. The highest BCUT2D eigenvalue weighted by atomic mass is 32.1. The molecule has 0 aliphatic carbocycles. The maximum Gasteiger partial charge on any atom is 0.138 e. The van der Waals surface area contributed by atoms with Crippen molar-refractivity contribution in [1.82, 2.24) is 15.3 Å². The summed E-state index contributed by atoms with van der Waals surface area (Å²) in [5, 5.41) is 5.86. The summed E-state index contributed by atoms with van der Waals surface area (Å²) < 4.78 is 0. The summed E-state index contributed by atoms with van der Waals surface area (Å²) in [7, 11) is 1.84. The minimum Gasteiger partial charge on any atom is -0.364 e. The second-order valence-electron chi connectivity index (χ2n) is 5.98. The summed E-state index contributed by atoms with van der Waals surface area (Å²) in [5.74, 6) is 0.929. The Bertz CT molecular complexity index is 934. The molecular weight excluding hydrogens is 336 g/mol. The van der Waals surface area contributed by atoms with Crippen molar-refractivity contribution in [1.29, 1.82) is 0 Å². The van der Waals surface area contributed by atoms with Gasteiger partial charge in [-0.2, -0.15) is 0 Å².